The minimum absolute atomic E-state index is 0.174. The summed E-state index contributed by atoms with van der Waals surface area (Å²) >= 11 is 1.62. The summed E-state index contributed by atoms with van der Waals surface area (Å²) in [6.07, 6.45) is 0. The topological polar surface area (TPSA) is 80.3 Å². The number of benzene rings is 2. The molecular formula is C17H15N3O3S. The maximum atomic E-state index is 11.7. The quantitative estimate of drug-likeness (QED) is 0.714. The van der Waals surface area contributed by atoms with Crippen LogP contribution in [0.5, 0.6) is 0 Å². The zero-order chi connectivity index (χ0) is 16.9. The number of hydrogen-bond acceptors (Lipinski definition) is 5. The fraction of sp³-hybridized carbons (Fsp3) is 0.118. The standard InChI is InChI=1S/C17H15N3O3S/c1-23-15(21)10-18-17(22)19-12-8-6-11(7-9-12)16-20-13-4-2-3-5-14(13)24-16/h2-9H,10H2,1H3,(H2,18,19,22). The maximum Gasteiger partial charge on any atom is 0.325 e. The number of carbonyl (C=O) groups excluding carboxylic acids is 2. The van der Waals surface area contributed by atoms with Gasteiger partial charge in [0.2, 0.25) is 0 Å². The van der Waals surface area contributed by atoms with Crippen LogP contribution in [0.4, 0.5) is 10.5 Å². The van der Waals surface area contributed by atoms with Crippen LogP contribution < -0.4 is 10.6 Å². The number of methoxy groups -OCH3 is 1. The van der Waals surface area contributed by atoms with Gasteiger partial charge in [-0.1, -0.05) is 12.1 Å². The third-order valence-corrected chi connectivity index (χ3v) is 4.39. The van der Waals surface area contributed by atoms with E-state index in [0.29, 0.717) is 5.69 Å². The van der Waals surface area contributed by atoms with Gasteiger partial charge in [-0.3, -0.25) is 4.79 Å². The number of amides is 2. The van der Waals surface area contributed by atoms with Gasteiger partial charge in [-0.15, -0.1) is 11.3 Å². The van der Waals surface area contributed by atoms with Crippen LogP contribution in [-0.2, 0) is 9.53 Å². The molecule has 6 nitrogen and oxygen atoms in total. The van der Waals surface area contributed by atoms with E-state index in [1.807, 2.05) is 36.4 Å². The Morgan fingerprint density at radius 1 is 1.12 bits per heavy atom. The highest BCUT2D eigenvalue weighted by Crippen LogP contribution is 2.30. The van der Waals surface area contributed by atoms with Crippen molar-refractivity contribution in [3.63, 3.8) is 0 Å². The summed E-state index contributed by atoms with van der Waals surface area (Å²) in [7, 11) is 1.27. The predicted octanol–water partition coefficient (Wildman–Crippen LogP) is 3.26. The summed E-state index contributed by atoms with van der Waals surface area (Å²) in [6.45, 7) is -0.174. The summed E-state index contributed by atoms with van der Waals surface area (Å²) in [5, 5.41) is 5.99. The Kier molecular flexibility index (Phi) is 4.72. The van der Waals surface area contributed by atoms with E-state index in [9.17, 15) is 9.59 Å². The molecule has 122 valence electrons. The minimum Gasteiger partial charge on any atom is -0.468 e. The number of anilines is 1. The molecule has 0 atom stereocenters. The Hall–Kier alpha value is -2.93. The first-order chi connectivity index (χ1) is 11.7. The molecule has 2 amide bonds. The lowest BCUT2D eigenvalue weighted by molar-refractivity contribution is -0.139. The molecule has 0 saturated heterocycles. The number of rotatable bonds is 4. The molecule has 24 heavy (non-hydrogen) atoms. The van der Waals surface area contributed by atoms with Crippen molar-refractivity contribution in [1.82, 2.24) is 10.3 Å². The van der Waals surface area contributed by atoms with Crippen molar-refractivity contribution >= 4 is 39.2 Å². The highest BCUT2D eigenvalue weighted by atomic mass is 32.1. The van der Waals surface area contributed by atoms with E-state index in [4.69, 9.17) is 0 Å². The largest absolute Gasteiger partial charge is 0.468 e. The monoisotopic (exact) mass is 341 g/mol. The molecule has 0 unspecified atom stereocenters. The first-order valence-electron chi connectivity index (χ1n) is 7.23. The Morgan fingerprint density at radius 2 is 1.88 bits per heavy atom. The third-order valence-electron chi connectivity index (χ3n) is 3.30. The van der Waals surface area contributed by atoms with Crippen molar-refractivity contribution in [2.24, 2.45) is 0 Å². The summed E-state index contributed by atoms with van der Waals surface area (Å²) < 4.78 is 5.59. The molecule has 0 bridgehead atoms. The van der Waals surface area contributed by atoms with Gasteiger partial charge in [-0.25, -0.2) is 9.78 Å². The predicted molar refractivity (Wildman–Crippen MR) is 94.1 cm³/mol. The number of aromatic nitrogens is 1. The van der Waals surface area contributed by atoms with Crippen molar-refractivity contribution < 1.29 is 14.3 Å². The fourth-order valence-electron chi connectivity index (χ4n) is 2.09. The van der Waals surface area contributed by atoms with Crippen molar-refractivity contribution in [2.75, 3.05) is 19.0 Å². The van der Waals surface area contributed by atoms with Crippen molar-refractivity contribution in [2.45, 2.75) is 0 Å². The number of esters is 1. The van der Waals surface area contributed by atoms with Gasteiger partial charge in [-0.2, -0.15) is 0 Å². The second-order valence-corrected chi connectivity index (χ2v) is 5.98. The normalized spacial score (nSPS) is 10.4. The molecule has 0 fully saturated rings. The number of ether oxygens (including phenoxy) is 1. The second kappa shape index (κ2) is 7.10. The van der Waals surface area contributed by atoms with E-state index in [0.717, 1.165) is 20.8 Å². The molecule has 0 aliphatic heterocycles. The van der Waals surface area contributed by atoms with Gasteiger partial charge in [0, 0.05) is 11.3 Å². The van der Waals surface area contributed by atoms with E-state index in [2.05, 4.69) is 20.4 Å². The lowest BCUT2D eigenvalue weighted by Gasteiger charge is -2.07. The van der Waals surface area contributed by atoms with Gasteiger partial charge in [0.25, 0.3) is 0 Å². The molecule has 2 aromatic carbocycles. The van der Waals surface area contributed by atoms with Crippen LogP contribution in [0.1, 0.15) is 0 Å². The molecule has 1 heterocycles. The first kappa shape index (κ1) is 15.9. The summed E-state index contributed by atoms with van der Waals surface area (Å²) in [5.74, 6) is -0.503. The smallest absolute Gasteiger partial charge is 0.325 e. The molecule has 0 aliphatic carbocycles. The van der Waals surface area contributed by atoms with Crippen LogP contribution in [0.3, 0.4) is 0 Å². The maximum absolute atomic E-state index is 11.7. The second-order valence-electron chi connectivity index (χ2n) is 4.95. The highest BCUT2D eigenvalue weighted by Gasteiger charge is 2.08. The van der Waals surface area contributed by atoms with Gasteiger partial charge >= 0.3 is 12.0 Å². The molecule has 0 radical (unpaired) electrons. The number of carbonyl (C=O) groups is 2. The summed E-state index contributed by atoms with van der Waals surface area (Å²) in [4.78, 5) is 27.2. The van der Waals surface area contributed by atoms with E-state index >= 15 is 0 Å². The number of nitrogens with zero attached hydrogens (tertiary/aromatic N) is 1. The molecular weight excluding hydrogens is 326 g/mol. The number of hydrogen-bond donors (Lipinski definition) is 2. The van der Waals surface area contributed by atoms with Crippen molar-refractivity contribution in [1.29, 1.82) is 0 Å². The van der Waals surface area contributed by atoms with E-state index in [1.165, 1.54) is 7.11 Å². The Morgan fingerprint density at radius 3 is 2.58 bits per heavy atom. The number of thiazole rings is 1. The SMILES string of the molecule is COC(=O)CNC(=O)Nc1ccc(-c2nc3ccccc3s2)cc1. The third kappa shape index (κ3) is 3.69. The average Bonchev–Trinajstić information content (AvgIpc) is 3.04. The van der Waals surface area contributed by atoms with Crippen LogP contribution in [0, 0.1) is 0 Å². The number of fused-ring (bicyclic) bond motifs is 1. The molecule has 0 spiro atoms. The number of para-hydroxylation sites is 1. The number of nitrogens with one attached hydrogen (secondary N) is 2. The van der Waals surface area contributed by atoms with Crippen LogP contribution in [0.25, 0.3) is 20.8 Å². The van der Waals surface area contributed by atoms with E-state index in [-0.39, 0.29) is 6.54 Å². The van der Waals surface area contributed by atoms with Gasteiger partial charge < -0.3 is 15.4 Å². The fourth-order valence-corrected chi connectivity index (χ4v) is 3.06. The average molecular weight is 341 g/mol. The van der Waals surface area contributed by atoms with Gasteiger partial charge in [0.05, 0.1) is 17.3 Å². The Bertz CT molecular complexity index is 841. The molecule has 0 saturated carbocycles. The van der Waals surface area contributed by atoms with E-state index in [1.54, 1.807) is 23.5 Å². The first-order valence-corrected chi connectivity index (χ1v) is 8.05. The van der Waals surface area contributed by atoms with Crippen LogP contribution in [0.2, 0.25) is 0 Å². The zero-order valence-electron chi connectivity index (χ0n) is 12.9. The van der Waals surface area contributed by atoms with Gasteiger partial charge in [0.15, 0.2) is 0 Å². The highest BCUT2D eigenvalue weighted by molar-refractivity contribution is 7.21. The van der Waals surface area contributed by atoms with Gasteiger partial charge in [0.1, 0.15) is 11.6 Å². The summed E-state index contributed by atoms with van der Waals surface area (Å²) in [6, 6.07) is 14.9. The van der Waals surface area contributed by atoms with Crippen LogP contribution >= 0.6 is 11.3 Å². The number of urea groups is 1. The lowest BCUT2D eigenvalue weighted by atomic mass is 10.2. The molecule has 3 rings (SSSR count). The zero-order valence-corrected chi connectivity index (χ0v) is 13.7. The Labute approximate surface area is 142 Å². The van der Waals surface area contributed by atoms with Crippen molar-refractivity contribution in [3.8, 4) is 10.6 Å². The summed E-state index contributed by atoms with van der Waals surface area (Å²) in [5.41, 5.74) is 2.58. The molecule has 1 aromatic heterocycles. The molecule has 3 aromatic rings. The van der Waals surface area contributed by atoms with Crippen molar-refractivity contribution in [3.05, 3.63) is 48.5 Å². The Balaban J connectivity index is 1.67. The molecule has 0 aliphatic rings. The van der Waals surface area contributed by atoms with E-state index < -0.39 is 12.0 Å². The van der Waals surface area contributed by atoms with Gasteiger partial charge in [-0.05, 0) is 36.4 Å². The lowest BCUT2D eigenvalue weighted by Crippen LogP contribution is -2.33. The van der Waals surface area contributed by atoms with Crippen LogP contribution in [-0.4, -0.2) is 30.6 Å². The van der Waals surface area contributed by atoms with Crippen LogP contribution in [0.15, 0.2) is 48.5 Å². The molecule has 7 heteroatoms. The minimum atomic E-state index is -0.503. The molecule has 2 N–H and O–H groups in total.